The van der Waals surface area contributed by atoms with Gasteiger partial charge in [-0.2, -0.15) is 5.10 Å². The van der Waals surface area contributed by atoms with Crippen molar-refractivity contribution >= 4 is 17.6 Å². The number of aryl methyl sites for hydroxylation is 1. The van der Waals surface area contributed by atoms with Crippen LogP contribution >= 0.6 is 0 Å². The van der Waals surface area contributed by atoms with Crippen LogP contribution in [-0.2, 0) is 22.5 Å². The molecule has 0 saturated heterocycles. The molecule has 1 heterocycles. The highest BCUT2D eigenvalue weighted by atomic mass is 16.5. The zero-order valence-electron chi connectivity index (χ0n) is 12.9. The molecule has 0 spiro atoms. The first-order valence-corrected chi connectivity index (χ1v) is 7.22. The van der Waals surface area contributed by atoms with Crippen LogP contribution in [0, 0.1) is 0 Å². The van der Waals surface area contributed by atoms with E-state index in [0.29, 0.717) is 31.7 Å². The Morgan fingerprint density at radius 3 is 2.70 bits per heavy atom. The Bertz CT molecular complexity index is 664. The van der Waals surface area contributed by atoms with Crippen molar-refractivity contribution in [2.24, 2.45) is 0 Å². The van der Waals surface area contributed by atoms with Crippen molar-refractivity contribution in [2.75, 3.05) is 19.0 Å². The summed E-state index contributed by atoms with van der Waals surface area (Å²) in [5, 5.41) is 15.7. The molecule has 2 aromatic rings. The van der Waals surface area contributed by atoms with Crippen LogP contribution in [0.4, 0.5) is 5.69 Å². The van der Waals surface area contributed by atoms with Crippen molar-refractivity contribution in [3.05, 3.63) is 47.8 Å². The highest BCUT2D eigenvalue weighted by molar-refractivity contribution is 5.90. The zero-order chi connectivity index (χ0) is 16.7. The average molecular weight is 317 g/mol. The van der Waals surface area contributed by atoms with Gasteiger partial charge in [0.2, 0.25) is 5.91 Å². The van der Waals surface area contributed by atoms with Crippen LogP contribution in [0.5, 0.6) is 0 Å². The van der Waals surface area contributed by atoms with Crippen LogP contribution in [0.2, 0.25) is 0 Å². The number of benzene rings is 1. The van der Waals surface area contributed by atoms with Gasteiger partial charge in [0.15, 0.2) is 0 Å². The van der Waals surface area contributed by atoms with E-state index in [9.17, 15) is 9.59 Å². The number of amides is 1. The monoisotopic (exact) mass is 317 g/mol. The van der Waals surface area contributed by atoms with Gasteiger partial charge in [-0.25, -0.2) is 4.79 Å². The number of carbonyl (C=O) groups is 2. The molecular formula is C16H19N3O4. The molecule has 0 atom stereocenters. The van der Waals surface area contributed by atoms with Crippen LogP contribution in [0.3, 0.4) is 0 Å². The second kappa shape index (κ2) is 8.09. The van der Waals surface area contributed by atoms with Crippen LogP contribution in [0.1, 0.15) is 22.3 Å². The normalized spacial score (nSPS) is 10.5. The first kappa shape index (κ1) is 16.7. The average Bonchev–Trinajstić information content (AvgIpc) is 2.98. The zero-order valence-corrected chi connectivity index (χ0v) is 12.9. The van der Waals surface area contributed by atoms with Crippen molar-refractivity contribution in [1.82, 2.24) is 9.78 Å². The van der Waals surface area contributed by atoms with Crippen molar-refractivity contribution in [2.45, 2.75) is 19.4 Å². The van der Waals surface area contributed by atoms with E-state index in [-0.39, 0.29) is 11.5 Å². The fourth-order valence-electron chi connectivity index (χ4n) is 2.03. The van der Waals surface area contributed by atoms with E-state index in [1.165, 1.54) is 12.1 Å². The number of methoxy groups -OCH3 is 1. The van der Waals surface area contributed by atoms with E-state index in [1.807, 2.05) is 0 Å². The van der Waals surface area contributed by atoms with Gasteiger partial charge in [-0.15, -0.1) is 0 Å². The fourth-order valence-corrected chi connectivity index (χ4v) is 2.03. The number of carboxylic acid groups (broad SMARTS) is 1. The Balaban J connectivity index is 1.80. The van der Waals surface area contributed by atoms with Gasteiger partial charge in [0, 0.05) is 19.7 Å². The lowest BCUT2D eigenvalue weighted by Gasteiger charge is -2.03. The third-order valence-corrected chi connectivity index (χ3v) is 3.28. The Kier molecular flexibility index (Phi) is 5.87. The molecule has 0 aliphatic heterocycles. The molecule has 2 rings (SSSR count). The number of nitrogens with zero attached hydrogens (tertiary/aromatic N) is 2. The molecule has 122 valence electrons. The van der Waals surface area contributed by atoms with E-state index >= 15 is 0 Å². The summed E-state index contributed by atoms with van der Waals surface area (Å²) < 4.78 is 6.66. The first-order chi connectivity index (χ1) is 11.1. The van der Waals surface area contributed by atoms with E-state index in [2.05, 4.69) is 10.4 Å². The summed E-state index contributed by atoms with van der Waals surface area (Å²) in [5.74, 6) is -1.07. The van der Waals surface area contributed by atoms with Crippen molar-refractivity contribution < 1.29 is 19.4 Å². The van der Waals surface area contributed by atoms with Crippen LogP contribution in [0.15, 0.2) is 36.7 Å². The molecule has 2 N–H and O–H groups in total. The molecule has 23 heavy (non-hydrogen) atoms. The van der Waals surface area contributed by atoms with Gasteiger partial charge in [-0.3, -0.25) is 9.48 Å². The smallest absolute Gasteiger partial charge is 0.335 e. The minimum atomic E-state index is -0.959. The first-order valence-electron chi connectivity index (χ1n) is 7.22. The number of anilines is 1. The van der Waals surface area contributed by atoms with Gasteiger partial charge in [-0.1, -0.05) is 12.1 Å². The summed E-state index contributed by atoms with van der Waals surface area (Å²) in [5.41, 5.74) is 1.80. The highest BCUT2D eigenvalue weighted by Gasteiger charge is 2.06. The molecule has 0 radical (unpaired) electrons. The quantitative estimate of drug-likeness (QED) is 0.774. The minimum absolute atomic E-state index is 0.112. The lowest BCUT2D eigenvalue weighted by atomic mass is 10.1. The number of carboxylic acids is 1. The third-order valence-electron chi connectivity index (χ3n) is 3.28. The van der Waals surface area contributed by atoms with Gasteiger partial charge in [0.1, 0.15) is 0 Å². The number of aromatic nitrogens is 2. The number of ether oxygens (including phenoxy) is 1. The van der Waals surface area contributed by atoms with Gasteiger partial charge in [0.25, 0.3) is 0 Å². The van der Waals surface area contributed by atoms with Gasteiger partial charge in [-0.05, 0) is 24.1 Å². The van der Waals surface area contributed by atoms with Gasteiger partial charge < -0.3 is 15.2 Å². The highest BCUT2D eigenvalue weighted by Crippen LogP contribution is 2.09. The van der Waals surface area contributed by atoms with E-state index < -0.39 is 5.97 Å². The summed E-state index contributed by atoms with van der Waals surface area (Å²) in [6, 6.07) is 6.52. The molecule has 1 amide bonds. The Hall–Kier alpha value is -2.67. The lowest BCUT2D eigenvalue weighted by Crippen LogP contribution is -2.12. The van der Waals surface area contributed by atoms with E-state index in [1.54, 1.807) is 36.3 Å². The maximum Gasteiger partial charge on any atom is 0.335 e. The maximum absolute atomic E-state index is 11.9. The summed E-state index contributed by atoms with van der Waals surface area (Å²) in [6.07, 6.45) is 4.20. The summed E-state index contributed by atoms with van der Waals surface area (Å²) in [6.45, 7) is 1.18. The van der Waals surface area contributed by atoms with Crippen LogP contribution in [0.25, 0.3) is 0 Å². The standard InChI is InChI=1S/C16H19N3O4/c1-23-9-8-19-11-14(10-17-19)18-15(20)7-4-12-2-5-13(6-3-12)16(21)22/h2-3,5-6,10-11H,4,7-9H2,1H3,(H,18,20)(H,21,22). The summed E-state index contributed by atoms with van der Waals surface area (Å²) >= 11 is 0. The van der Waals surface area contributed by atoms with E-state index in [0.717, 1.165) is 5.56 Å². The van der Waals surface area contributed by atoms with Crippen molar-refractivity contribution in [3.63, 3.8) is 0 Å². The molecule has 0 unspecified atom stereocenters. The molecule has 7 nitrogen and oxygen atoms in total. The number of nitrogens with one attached hydrogen (secondary N) is 1. The molecule has 0 aliphatic carbocycles. The summed E-state index contributed by atoms with van der Waals surface area (Å²) in [4.78, 5) is 22.7. The number of carbonyl (C=O) groups excluding carboxylic acids is 1. The largest absolute Gasteiger partial charge is 0.478 e. The fraction of sp³-hybridized carbons (Fsp3) is 0.312. The minimum Gasteiger partial charge on any atom is -0.478 e. The second-order valence-electron chi connectivity index (χ2n) is 5.04. The number of hydrogen-bond acceptors (Lipinski definition) is 4. The van der Waals surface area contributed by atoms with Crippen molar-refractivity contribution in [3.8, 4) is 0 Å². The molecule has 7 heteroatoms. The maximum atomic E-state index is 11.9. The number of aromatic carboxylic acids is 1. The molecule has 1 aromatic heterocycles. The third kappa shape index (κ3) is 5.23. The molecule has 0 bridgehead atoms. The Morgan fingerprint density at radius 2 is 2.04 bits per heavy atom. The molecule has 0 fully saturated rings. The molecule has 0 aliphatic rings. The SMILES string of the molecule is COCCn1cc(NC(=O)CCc2ccc(C(=O)O)cc2)cn1. The number of rotatable bonds is 8. The molecule has 1 aromatic carbocycles. The van der Waals surface area contributed by atoms with Crippen LogP contribution < -0.4 is 5.32 Å². The lowest BCUT2D eigenvalue weighted by molar-refractivity contribution is -0.116. The van der Waals surface area contributed by atoms with Gasteiger partial charge in [0.05, 0.1) is 30.6 Å². The molecular weight excluding hydrogens is 298 g/mol. The second-order valence-corrected chi connectivity index (χ2v) is 5.04. The molecule has 0 saturated carbocycles. The van der Waals surface area contributed by atoms with Crippen LogP contribution in [-0.4, -0.2) is 40.5 Å². The van der Waals surface area contributed by atoms with Gasteiger partial charge >= 0.3 is 5.97 Å². The summed E-state index contributed by atoms with van der Waals surface area (Å²) in [7, 11) is 1.62. The predicted octanol–water partition coefficient (Wildman–Crippen LogP) is 1.80. The van der Waals surface area contributed by atoms with Crippen molar-refractivity contribution in [1.29, 1.82) is 0 Å². The topological polar surface area (TPSA) is 93.5 Å². The predicted molar refractivity (Wildman–Crippen MR) is 84.5 cm³/mol. The van der Waals surface area contributed by atoms with E-state index in [4.69, 9.17) is 9.84 Å². The Labute approximate surface area is 133 Å². The number of hydrogen-bond donors (Lipinski definition) is 2. The Morgan fingerprint density at radius 1 is 1.30 bits per heavy atom.